The van der Waals surface area contributed by atoms with Gasteiger partial charge >= 0.3 is 6.03 Å². The maximum atomic E-state index is 12.9. The van der Waals surface area contributed by atoms with Gasteiger partial charge in [0, 0.05) is 45.3 Å². The number of hydrazine groups is 1. The number of imide groups is 2. The fourth-order valence-electron chi connectivity index (χ4n) is 4.19. The summed E-state index contributed by atoms with van der Waals surface area (Å²) in [4.78, 5) is 53.7. The molecule has 0 unspecified atom stereocenters. The molecule has 0 spiro atoms. The Morgan fingerprint density at radius 1 is 0.906 bits per heavy atom. The van der Waals surface area contributed by atoms with Crippen molar-refractivity contribution in [3.8, 4) is 0 Å². The SMILES string of the molecule is O=C1CCN(N2C(=O)c3ccc(CN4CCN(c5cccnn5)CC4)cc3C2=O)C(=O)N1. The first-order valence-corrected chi connectivity index (χ1v) is 10.4. The normalized spacial score (nSPS) is 19.4. The van der Waals surface area contributed by atoms with Crippen molar-refractivity contribution in [3.05, 3.63) is 53.2 Å². The zero-order chi connectivity index (χ0) is 22.2. The Morgan fingerprint density at radius 3 is 2.41 bits per heavy atom. The minimum atomic E-state index is -0.767. The van der Waals surface area contributed by atoms with E-state index in [9.17, 15) is 19.2 Å². The molecule has 1 aromatic carbocycles. The third kappa shape index (κ3) is 3.56. The predicted octanol–water partition coefficient (Wildman–Crippen LogP) is 0.252. The minimum absolute atomic E-state index is 0.0148. The molecule has 0 atom stereocenters. The summed E-state index contributed by atoms with van der Waals surface area (Å²) in [6, 6.07) is 8.23. The molecule has 3 aliphatic heterocycles. The van der Waals surface area contributed by atoms with Crippen molar-refractivity contribution < 1.29 is 19.2 Å². The second kappa shape index (κ2) is 8.00. The zero-order valence-electron chi connectivity index (χ0n) is 17.2. The van der Waals surface area contributed by atoms with Crippen molar-refractivity contribution in [2.45, 2.75) is 13.0 Å². The summed E-state index contributed by atoms with van der Waals surface area (Å²) in [5.41, 5.74) is 1.45. The first kappa shape index (κ1) is 20.1. The molecule has 2 saturated heterocycles. The third-order valence-electron chi connectivity index (χ3n) is 5.86. The van der Waals surface area contributed by atoms with E-state index in [-0.39, 0.29) is 24.1 Å². The van der Waals surface area contributed by atoms with Crippen molar-refractivity contribution in [2.24, 2.45) is 0 Å². The zero-order valence-corrected chi connectivity index (χ0v) is 17.2. The highest BCUT2D eigenvalue weighted by Gasteiger charge is 2.43. The Labute approximate surface area is 183 Å². The van der Waals surface area contributed by atoms with E-state index in [1.807, 2.05) is 18.2 Å². The molecule has 5 amide bonds. The van der Waals surface area contributed by atoms with E-state index in [4.69, 9.17) is 0 Å². The van der Waals surface area contributed by atoms with Gasteiger partial charge in [0.05, 0.1) is 17.7 Å². The second-order valence-electron chi connectivity index (χ2n) is 7.87. The molecule has 11 nitrogen and oxygen atoms in total. The first-order chi connectivity index (χ1) is 15.5. The molecule has 11 heteroatoms. The molecule has 5 rings (SSSR count). The molecular weight excluding hydrogens is 414 g/mol. The monoisotopic (exact) mass is 435 g/mol. The Bertz CT molecular complexity index is 1100. The molecule has 0 aliphatic carbocycles. The van der Waals surface area contributed by atoms with Gasteiger partial charge in [0.25, 0.3) is 11.8 Å². The van der Waals surface area contributed by atoms with E-state index < -0.39 is 23.8 Å². The van der Waals surface area contributed by atoms with E-state index in [2.05, 4.69) is 25.3 Å². The number of urea groups is 1. The lowest BCUT2D eigenvalue weighted by atomic mass is 10.1. The fraction of sp³-hybridized carbons (Fsp3) is 0.333. The number of nitrogens with one attached hydrogen (secondary N) is 1. The second-order valence-corrected chi connectivity index (χ2v) is 7.87. The van der Waals surface area contributed by atoms with E-state index >= 15 is 0 Å². The van der Waals surface area contributed by atoms with Gasteiger partial charge in [-0.1, -0.05) is 6.07 Å². The van der Waals surface area contributed by atoms with Gasteiger partial charge in [0.15, 0.2) is 5.82 Å². The van der Waals surface area contributed by atoms with Crippen molar-refractivity contribution >= 4 is 29.6 Å². The highest BCUT2D eigenvalue weighted by atomic mass is 16.2. The summed E-state index contributed by atoms with van der Waals surface area (Å²) in [6.45, 7) is 3.92. The summed E-state index contributed by atoms with van der Waals surface area (Å²) in [5.74, 6) is -0.677. The van der Waals surface area contributed by atoms with Crippen LogP contribution in [0.25, 0.3) is 0 Å². The molecular formula is C21H21N7O4. The molecule has 2 fully saturated rings. The molecule has 1 aromatic heterocycles. The lowest BCUT2D eigenvalue weighted by Crippen LogP contribution is -2.58. The molecule has 1 N–H and O–H groups in total. The van der Waals surface area contributed by atoms with Gasteiger partial charge in [-0.15, -0.1) is 5.10 Å². The van der Waals surface area contributed by atoms with Crippen LogP contribution in [-0.2, 0) is 11.3 Å². The molecule has 0 radical (unpaired) electrons. The van der Waals surface area contributed by atoms with Gasteiger partial charge in [-0.05, 0) is 29.8 Å². The Kier molecular flexibility index (Phi) is 5.02. The average Bonchev–Trinajstić information content (AvgIpc) is 3.05. The molecule has 2 aromatic rings. The van der Waals surface area contributed by atoms with Crippen molar-refractivity contribution in [1.82, 2.24) is 30.4 Å². The quantitative estimate of drug-likeness (QED) is 0.679. The van der Waals surface area contributed by atoms with Crippen molar-refractivity contribution in [2.75, 3.05) is 37.6 Å². The summed E-state index contributed by atoms with van der Waals surface area (Å²) < 4.78 is 0. The minimum Gasteiger partial charge on any atom is -0.353 e. The van der Waals surface area contributed by atoms with Gasteiger partial charge in [-0.3, -0.25) is 24.6 Å². The summed E-state index contributed by atoms with van der Waals surface area (Å²) in [6.07, 6.45) is 1.68. The molecule has 3 aliphatic rings. The number of aromatic nitrogens is 2. The van der Waals surface area contributed by atoms with Crippen LogP contribution in [-0.4, -0.2) is 81.6 Å². The van der Waals surface area contributed by atoms with Crippen molar-refractivity contribution in [1.29, 1.82) is 0 Å². The number of amides is 5. The molecule has 164 valence electrons. The lowest BCUT2D eigenvalue weighted by Gasteiger charge is -2.35. The number of hydrogen-bond acceptors (Lipinski definition) is 8. The lowest BCUT2D eigenvalue weighted by molar-refractivity contribution is -0.122. The Hall–Kier alpha value is -3.86. The maximum absolute atomic E-state index is 12.9. The van der Waals surface area contributed by atoms with Crippen LogP contribution in [0.4, 0.5) is 10.6 Å². The molecule has 0 bridgehead atoms. The number of anilines is 1. The summed E-state index contributed by atoms with van der Waals surface area (Å²) >= 11 is 0. The number of fused-ring (bicyclic) bond motifs is 1. The van der Waals surface area contributed by atoms with Gasteiger partial charge in [-0.2, -0.15) is 10.1 Å². The number of carbonyl (C=O) groups excluding carboxylic acids is 4. The standard InChI is InChI=1S/C21H21N7O4/c29-18-5-7-27(21(32)23-18)28-19(30)15-4-3-14(12-16(15)20(28)31)13-25-8-10-26(11-9-25)17-2-1-6-22-24-17/h1-4,6,12H,5,7-11,13H2,(H,23,29,32). The number of piperazine rings is 1. The highest BCUT2D eigenvalue weighted by molar-refractivity contribution is 6.22. The van der Waals surface area contributed by atoms with Crippen LogP contribution in [0.1, 0.15) is 32.7 Å². The van der Waals surface area contributed by atoms with Gasteiger partial charge in [0.1, 0.15) is 0 Å². The molecule has 4 heterocycles. The van der Waals surface area contributed by atoms with Crippen LogP contribution in [0.3, 0.4) is 0 Å². The summed E-state index contributed by atoms with van der Waals surface area (Å²) in [7, 11) is 0. The average molecular weight is 435 g/mol. The van der Waals surface area contributed by atoms with E-state index in [0.717, 1.165) is 47.6 Å². The van der Waals surface area contributed by atoms with Crippen LogP contribution in [0.15, 0.2) is 36.5 Å². The number of rotatable bonds is 4. The topological polar surface area (TPSA) is 119 Å². The Balaban J connectivity index is 1.26. The van der Waals surface area contributed by atoms with Gasteiger partial charge in [0.2, 0.25) is 5.91 Å². The van der Waals surface area contributed by atoms with Crippen LogP contribution >= 0.6 is 0 Å². The largest absolute Gasteiger partial charge is 0.353 e. The fourth-order valence-corrected chi connectivity index (χ4v) is 4.19. The Morgan fingerprint density at radius 2 is 1.69 bits per heavy atom. The molecule has 32 heavy (non-hydrogen) atoms. The van der Waals surface area contributed by atoms with Crippen LogP contribution in [0.5, 0.6) is 0 Å². The smallest absolute Gasteiger partial charge is 0.343 e. The van der Waals surface area contributed by atoms with Crippen LogP contribution in [0.2, 0.25) is 0 Å². The number of hydrogen-bond donors (Lipinski definition) is 1. The number of benzene rings is 1. The highest BCUT2D eigenvalue weighted by Crippen LogP contribution is 2.27. The van der Waals surface area contributed by atoms with Crippen LogP contribution < -0.4 is 10.2 Å². The predicted molar refractivity (Wildman–Crippen MR) is 111 cm³/mol. The number of carbonyl (C=O) groups is 4. The maximum Gasteiger partial charge on any atom is 0.343 e. The van der Waals surface area contributed by atoms with Crippen molar-refractivity contribution in [3.63, 3.8) is 0 Å². The molecule has 0 saturated carbocycles. The number of nitrogens with zero attached hydrogens (tertiary/aromatic N) is 6. The summed E-state index contributed by atoms with van der Waals surface area (Å²) in [5, 5.41) is 12.0. The van der Waals surface area contributed by atoms with E-state index in [1.165, 1.54) is 0 Å². The van der Waals surface area contributed by atoms with Gasteiger partial charge in [-0.25, -0.2) is 9.80 Å². The first-order valence-electron chi connectivity index (χ1n) is 10.4. The van der Waals surface area contributed by atoms with Gasteiger partial charge < -0.3 is 4.90 Å². The van der Waals surface area contributed by atoms with Crippen LogP contribution in [0, 0.1) is 0 Å². The third-order valence-corrected chi connectivity index (χ3v) is 5.86. The van der Waals surface area contributed by atoms with E-state index in [0.29, 0.717) is 6.54 Å². The van der Waals surface area contributed by atoms with E-state index in [1.54, 1.807) is 18.3 Å².